The van der Waals surface area contributed by atoms with Crippen LogP contribution in [0.25, 0.3) is 0 Å². The first-order valence-corrected chi connectivity index (χ1v) is 11.3. The lowest BCUT2D eigenvalue weighted by atomic mass is 10.1. The van der Waals surface area contributed by atoms with Gasteiger partial charge in [0.2, 0.25) is 0 Å². The molecule has 1 atom stereocenters. The lowest BCUT2D eigenvalue weighted by Gasteiger charge is -2.15. The highest BCUT2D eigenvalue weighted by molar-refractivity contribution is 5.68. The number of nitrogens with zero attached hydrogens (tertiary/aromatic N) is 3. The molecule has 12 heteroatoms. The fourth-order valence-electron chi connectivity index (χ4n) is 3.12. The van der Waals surface area contributed by atoms with Crippen molar-refractivity contribution in [2.45, 2.75) is 64.8 Å². The molecule has 9 nitrogen and oxygen atoms in total. The predicted molar refractivity (Wildman–Crippen MR) is 121 cm³/mol. The molecule has 0 saturated heterocycles. The van der Waals surface area contributed by atoms with Crippen LogP contribution in [-0.2, 0) is 29.5 Å². The van der Waals surface area contributed by atoms with Crippen LogP contribution in [0.15, 0.2) is 33.9 Å². The van der Waals surface area contributed by atoms with Gasteiger partial charge >= 0.3 is 23.4 Å². The van der Waals surface area contributed by atoms with Crippen LogP contribution in [0.5, 0.6) is 11.6 Å². The molecular weight excluding hydrogens is 471 g/mol. The first kappa shape index (κ1) is 27.9. The number of halogens is 3. The molecule has 0 aliphatic carbocycles. The predicted octanol–water partition coefficient (Wildman–Crippen LogP) is 3.02. The molecule has 0 bridgehead atoms. The molecule has 2 aromatic rings. The lowest BCUT2D eigenvalue weighted by molar-refractivity contribution is -0.145. The number of rotatable bonds is 13. The molecule has 1 aromatic heterocycles. The van der Waals surface area contributed by atoms with Gasteiger partial charge in [0, 0.05) is 26.4 Å². The van der Waals surface area contributed by atoms with E-state index in [9.17, 15) is 27.6 Å². The normalized spacial score (nSPS) is 12.3. The van der Waals surface area contributed by atoms with E-state index < -0.39 is 30.3 Å². The molecule has 0 radical (unpaired) electrons. The number of ether oxygens (including phenoxy) is 3. The number of alkyl halides is 3. The van der Waals surface area contributed by atoms with Gasteiger partial charge < -0.3 is 14.2 Å². The highest BCUT2D eigenvalue weighted by Crippen LogP contribution is 2.21. The van der Waals surface area contributed by atoms with Crippen LogP contribution in [-0.4, -0.2) is 45.8 Å². The van der Waals surface area contributed by atoms with Crippen molar-refractivity contribution in [3.8, 4) is 11.6 Å². The Morgan fingerprint density at radius 2 is 1.94 bits per heavy atom. The van der Waals surface area contributed by atoms with E-state index in [0.717, 1.165) is 10.2 Å². The minimum atomic E-state index is -4.37. The summed E-state index contributed by atoms with van der Waals surface area (Å²) in [5, 5.41) is 3.79. The van der Waals surface area contributed by atoms with Crippen LogP contribution in [0.1, 0.15) is 45.1 Å². The number of carbonyl (C=O) groups is 1. The molecule has 0 N–H and O–H groups in total. The van der Waals surface area contributed by atoms with Crippen molar-refractivity contribution in [2.24, 2.45) is 7.05 Å². The Morgan fingerprint density at radius 1 is 1.20 bits per heavy atom. The average molecular weight is 502 g/mol. The minimum Gasteiger partial charge on any atom is -0.487 e. The summed E-state index contributed by atoms with van der Waals surface area (Å²) < 4.78 is 55.0. The van der Waals surface area contributed by atoms with E-state index in [4.69, 9.17) is 14.2 Å². The Bertz CT molecular complexity index is 1100. The molecule has 2 rings (SSSR count). The van der Waals surface area contributed by atoms with Gasteiger partial charge in [0.15, 0.2) is 0 Å². The Hall–Kier alpha value is -3.31. The van der Waals surface area contributed by atoms with Crippen molar-refractivity contribution >= 4 is 5.97 Å². The first-order chi connectivity index (χ1) is 16.5. The van der Waals surface area contributed by atoms with Crippen molar-refractivity contribution in [3.05, 3.63) is 50.7 Å². The van der Waals surface area contributed by atoms with Crippen LogP contribution >= 0.6 is 0 Å². The highest BCUT2D eigenvalue weighted by Gasteiger charge is 2.26. The third-order valence-electron chi connectivity index (χ3n) is 4.87. The molecule has 0 aliphatic heterocycles. The monoisotopic (exact) mass is 501 g/mol. The zero-order valence-electron chi connectivity index (χ0n) is 20.0. The standard InChI is InChI=1S/C23H30F3N3O6/c1-4-19(30)34-15-16(2)35-18-10-5-8-17(14-18)9-6-13-33-20-21(31)29(22(32)28(3)27-20)12-7-11-23(24,25)26/h5,8,10,14,16H,4,6-7,9,11-13,15H2,1-3H3. The fourth-order valence-corrected chi connectivity index (χ4v) is 3.12. The first-order valence-electron chi connectivity index (χ1n) is 11.3. The van der Waals surface area contributed by atoms with Gasteiger partial charge in [0.25, 0.3) is 5.88 Å². The van der Waals surface area contributed by atoms with Crippen molar-refractivity contribution < 1.29 is 32.2 Å². The Labute approximate surface area is 200 Å². The van der Waals surface area contributed by atoms with Crippen molar-refractivity contribution in [2.75, 3.05) is 13.2 Å². The van der Waals surface area contributed by atoms with Gasteiger partial charge in [0.05, 0.1) is 6.61 Å². The summed E-state index contributed by atoms with van der Waals surface area (Å²) >= 11 is 0. The van der Waals surface area contributed by atoms with Gasteiger partial charge in [-0.05, 0) is 43.9 Å². The Balaban J connectivity index is 1.90. The van der Waals surface area contributed by atoms with Crippen molar-refractivity contribution in [1.82, 2.24) is 14.3 Å². The molecular formula is C23H30F3N3O6. The van der Waals surface area contributed by atoms with Crippen LogP contribution in [0, 0.1) is 0 Å². The molecule has 194 valence electrons. The highest BCUT2D eigenvalue weighted by atomic mass is 19.4. The van der Waals surface area contributed by atoms with Gasteiger partial charge in [-0.2, -0.15) is 13.2 Å². The molecule has 35 heavy (non-hydrogen) atoms. The van der Waals surface area contributed by atoms with E-state index in [2.05, 4.69) is 5.10 Å². The second kappa shape index (κ2) is 13.0. The summed E-state index contributed by atoms with van der Waals surface area (Å²) in [6.45, 7) is 3.37. The number of carbonyl (C=O) groups excluding carboxylic acids is 1. The molecule has 1 unspecified atom stereocenters. The summed E-state index contributed by atoms with van der Waals surface area (Å²) in [5.74, 6) is -0.0215. The van der Waals surface area contributed by atoms with E-state index in [1.165, 1.54) is 7.05 Å². The summed E-state index contributed by atoms with van der Waals surface area (Å²) in [7, 11) is 1.30. The summed E-state index contributed by atoms with van der Waals surface area (Å²) in [5.41, 5.74) is -0.717. The van der Waals surface area contributed by atoms with Crippen LogP contribution < -0.4 is 20.7 Å². The third-order valence-corrected chi connectivity index (χ3v) is 4.87. The van der Waals surface area contributed by atoms with E-state index in [1.54, 1.807) is 19.9 Å². The zero-order valence-corrected chi connectivity index (χ0v) is 20.0. The number of aryl methyl sites for hydroxylation is 2. The van der Waals surface area contributed by atoms with Crippen LogP contribution in [0.4, 0.5) is 13.2 Å². The molecule has 0 amide bonds. The number of esters is 1. The van der Waals surface area contributed by atoms with Crippen LogP contribution in [0.2, 0.25) is 0 Å². The number of hydrogen-bond acceptors (Lipinski definition) is 7. The molecule has 0 aliphatic rings. The Kier molecular flexibility index (Phi) is 10.3. The van der Waals surface area contributed by atoms with Gasteiger partial charge in [-0.3, -0.25) is 14.2 Å². The number of hydrogen-bond donors (Lipinski definition) is 0. The number of aromatic nitrogens is 3. The molecule has 1 aromatic carbocycles. The second-order valence-corrected chi connectivity index (χ2v) is 7.95. The number of benzene rings is 1. The smallest absolute Gasteiger partial charge is 0.389 e. The maximum Gasteiger partial charge on any atom is 0.389 e. The molecule has 1 heterocycles. The minimum absolute atomic E-state index is 0.109. The quantitative estimate of drug-likeness (QED) is 0.307. The van der Waals surface area contributed by atoms with E-state index in [0.29, 0.717) is 29.6 Å². The largest absolute Gasteiger partial charge is 0.487 e. The zero-order chi connectivity index (χ0) is 26.0. The maximum absolute atomic E-state index is 12.5. The van der Waals surface area contributed by atoms with E-state index in [-0.39, 0.29) is 37.7 Å². The SMILES string of the molecule is CCC(=O)OCC(C)Oc1cccc(CCCOc2nn(C)c(=O)n(CCCC(F)(F)F)c2=O)c1. The summed E-state index contributed by atoms with van der Waals surface area (Å²) in [6, 6.07) is 7.35. The molecule has 0 saturated carbocycles. The average Bonchev–Trinajstić information content (AvgIpc) is 2.80. The summed E-state index contributed by atoms with van der Waals surface area (Å²) in [6.07, 6.45) is -4.81. The topological polar surface area (TPSA) is 102 Å². The summed E-state index contributed by atoms with van der Waals surface area (Å²) in [4.78, 5) is 35.8. The maximum atomic E-state index is 12.5. The van der Waals surface area contributed by atoms with Gasteiger partial charge in [-0.25, -0.2) is 9.48 Å². The van der Waals surface area contributed by atoms with E-state index in [1.807, 2.05) is 18.2 Å². The van der Waals surface area contributed by atoms with Crippen LogP contribution in [0.3, 0.4) is 0 Å². The van der Waals surface area contributed by atoms with E-state index >= 15 is 0 Å². The molecule has 0 spiro atoms. The van der Waals surface area contributed by atoms with Gasteiger partial charge in [-0.1, -0.05) is 19.1 Å². The van der Waals surface area contributed by atoms with Crippen molar-refractivity contribution in [1.29, 1.82) is 0 Å². The van der Waals surface area contributed by atoms with Crippen molar-refractivity contribution in [3.63, 3.8) is 0 Å². The van der Waals surface area contributed by atoms with Gasteiger partial charge in [-0.15, -0.1) is 5.10 Å². The fraction of sp³-hybridized carbons (Fsp3) is 0.565. The Morgan fingerprint density at radius 3 is 2.63 bits per heavy atom. The third kappa shape index (κ3) is 9.45. The molecule has 0 fully saturated rings. The lowest BCUT2D eigenvalue weighted by Crippen LogP contribution is -2.41. The van der Waals surface area contributed by atoms with Gasteiger partial charge in [0.1, 0.15) is 18.5 Å². The second-order valence-electron chi connectivity index (χ2n) is 7.95.